The summed E-state index contributed by atoms with van der Waals surface area (Å²) >= 11 is 5.94. The van der Waals surface area contributed by atoms with Crippen LogP contribution in [0.3, 0.4) is 0 Å². The van der Waals surface area contributed by atoms with Crippen LogP contribution in [0, 0.1) is 5.82 Å². The van der Waals surface area contributed by atoms with Crippen molar-refractivity contribution in [3.8, 4) is 0 Å². The maximum absolute atomic E-state index is 13.7. The van der Waals surface area contributed by atoms with Crippen molar-refractivity contribution in [3.05, 3.63) is 34.6 Å². The highest BCUT2D eigenvalue weighted by Gasteiger charge is 2.17. The van der Waals surface area contributed by atoms with Crippen molar-refractivity contribution in [2.45, 2.75) is 38.8 Å². The number of nitrogens with one attached hydrogen (secondary N) is 1. The first kappa shape index (κ1) is 14.8. The topological polar surface area (TPSA) is 15.3 Å². The molecule has 2 nitrogen and oxygen atoms in total. The Morgan fingerprint density at radius 1 is 1.42 bits per heavy atom. The van der Waals surface area contributed by atoms with Gasteiger partial charge in [-0.2, -0.15) is 0 Å². The zero-order chi connectivity index (χ0) is 13.7. The van der Waals surface area contributed by atoms with Crippen LogP contribution in [0.15, 0.2) is 18.2 Å². The Kier molecular flexibility index (Phi) is 5.61. The predicted molar refractivity (Wildman–Crippen MR) is 78.0 cm³/mol. The molecule has 0 saturated carbocycles. The molecule has 4 heteroatoms. The van der Waals surface area contributed by atoms with Crippen LogP contribution >= 0.6 is 11.6 Å². The summed E-state index contributed by atoms with van der Waals surface area (Å²) in [5.74, 6) is -0.167. The van der Waals surface area contributed by atoms with E-state index in [1.807, 2.05) is 0 Å². The summed E-state index contributed by atoms with van der Waals surface area (Å²) in [5.41, 5.74) is 0.685. The highest BCUT2D eigenvalue weighted by atomic mass is 35.5. The monoisotopic (exact) mass is 284 g/mol. The van der Waals surface area contributed by atoms with Crippen LogP contribution in [0.4, 0.5) is 4.39 Å². The molecule has 0 aromatic heterocycles. The fourth-order valence-corrected chi connectivity index (χ4v) is 2.80. The summed E-state index contributed by atoms with van der Waals surface area (Å²) in [4.78, 5) is 2.28. The van der Waals surface area contributed by atoms with Crippen LogP contribution in [-0.2, 0) is 6.54 Å². The van der Waals surface area contributed by atoms with Crippen LogP contribution in [0.25, 0.3) is 0 Å². The summed E-state index contributed by atoms with van der Waals surface area (Å²) in [5, 5.41) is 4.13. The second-order valence-corrected chi connectivity index (χ2v) is 5.65. The molecule has 106 valence electrons. The highest BCUT2D eigenvalue weighted by Crippen LogP contribution is 2.17. The van der Waals surface area contributed by atoms with Gasteiger partial charge < -0.3 is 5.32 Å². The molecule has 1 N–H and O–H groups in total. The molecule has 0 aliphatic carbocycles. The van der Waals surface area contributed by atoms with E-state index in [2.05, 4.69) is 17.1 Å². The van der Waals surface area contributed by atoms with Gasteiger partial charge in [0.1, 0.15) is 5.82 Å². The molecule has 0 radical (unpaired) electrons. The summed E-state index contributed by atoms with van der Waals surface area (Å²) < 4.78 is 13.7. The molecule has 1 saturated heterocycles. The summed E-state index contributed by atoms with van der Waals surface area (Å²) in [6.07, 6.45) is 3.78. The van der Waals surface area contributed by atoms with Gasteiger partial charge in [-0.1, -0.05) is 24.9 Å². The van der Waals surface area contributed by atoms with Gasteiger partial charge in [-0.15, -0.1) is 0 Å². The highest BCUT2D eigenvalue weighted by molar-refractivity contribution is 6.30. The minimum Gasteiger partial charge on any atom is -0.313 e. The van der Waals surface area contributed by atoms with E-state index in [4.69, 9.17) is 11.6 Å². The van der Waals surface area contributed by atoms with Gasteiger partial charge in [0.05, 0.1) is 0 Å². The molecule has 1 fully saturated rings. The minimum absolute atomic E-state index is 0.167. The van der Waals surface area contributed by atoms with Crippen molar-refractivity contribution in [3.63, 3.8) is 0 Å². The molecule has 0 bridgehead atoms. The van der Waals surface area contributed by atoms with Gasteiger partial charge >= 0.3 is 0 Å². The number of benzene rings is 1. The van der Waals surface area contributed by atoms with Gasteiger partial charge in [0, 0.05) is 29.7 Å². The Bertz CT molecular complexity index is 405. The van der Waals surface area contributed by atoms with Crippen LogP contribution in [-0.4, -0.2) is 30.6 Å². The van der Waals surface area contributed by atoms with E-state index in [1.165, 1.54) is 25.3 Å². The van der Waals surface area contributed by atoms with Crippen molar-refractivity contribution < 1.29 is 4.39 Å². The van der Waals surface area contributed by atoms with E-state index < -0.39 is 0 Å². The Morgan fingerprint density at radius 3 is 2.95 bits per heavy atom. The molecule has 19 heavy (non-hydrogen) atoms. The second-order valence-electron chi connectivity index (χ2n) is 5.21. The maximum Gasteiger partial charge on any atom is 0.127 e. The second kappa shape index (κ2) is 7.22. The maximum atomic E-state index is 13.7. The van der Waals surface area contributed by atoms with E-state index in [-0.39, 0.29) is 5.82 Å². The number of nitrogens with zero attached hydrogens (tertiary/aromatic N) is 1. The lowest BCUT2D eigenvalue weighted by atomic mass is 10.0. The van der Waals surface area contributed by atoms with Gasteiger partial charge in [-0.05, 0) is 44.1 Å². The molecule has 0 spiro atoms. The average Bonchev–Trinajstić information content (AvgIpc) is 2.43. The number of halogens is 2. The molecule has 1 aliphatic heterocycles. The summed E-state index contributed by atoms with van der Waals surface area (Å²) in [6, 6.07) is 5.31. The van der Waals surface area contributed by atoms with E-state index >= 15 is 0 Å². The van der Waals surface area contributed by atoms with Gasteiger partial charge in [-0.25, -0.2) is 4.39 Å². The Hall–Kier alpha value is -0.640. The molecule has 0 amide bonds. The standard InChI is InChI=1S/C15H22ClFN2/c1-2-19(11-14-5-3-4-8-18-14)10-12-9-13(16)6-7-15(12)17/h6-7,9,14,18H,2-5,8,10-11H2,1H3. The third-order valence-corrected chi connectivity index (χ3v) is 3.97. The zero-order valence-electron chi connectivity index (χ0n) is 11.5. The number of likely N-dealkylation sites (N-methyl/N-ethyl adjacent to an activating group) is 1. The zero-order valence-corrected chi connectivity index (χ0v) is 12.2. The Morgan fingerprint density at radius 2 is 2.26 bits per heavy atom. The third kappa shape index (κ3) is 4.44. The minimum atomic E-state index is -0.167. The Balaban J connectivity index is 1.95. The number of rotatable bonds is 5. The molecule has 1 aromatic carbocycles. The van der Waals surface area contributed by atoms with Crippen LogP contribution < -0.4 is 5.32 Å². The van der Waals surface area contributed by atoms with Crippen molar-refractivity contribution in [2.75, 3.05) is 19.6 Å². The van der Waals surface area contributed by atoms with Crippen molar-refractivity contribution in [1.82, 2.24) is 10.2 Å². The van der Waals surface area contributed by atoms with Gasteiger partial charge in [-0.3, -0.25) is 4.90 Å². The largest absolute Gasteiger partial charge is 0.313 e. The summed E-state index contributed by atoms with van der Waals surface area (Å²) in [6.45, 7) is 5.74. The first-order valence-corrected chi connectivity index (χ1v) is 7.46. The molecule has 1 aliphatic rings. The lowest BCUT2D eigenvalue weighted by Gasteiger charge is -2.30. The van der Waals surface area contributed by atoms with E-state index in [1.54, 1.807) is 12.1 Å². The first-order valence-electron chi connectivity index (χ1n) is 7.08. The molecule has 1 unspecified atom stereocenters. The van der Waals surface area contributed by atoms with E-state index in [9.17, 15) is 4.39 Å². The number of hydrogen-bond acceptors (Lipinski definition) is 2. The van der Waals surface area contributed by atoms with E-state index in [0.717, 1.165) is 19.6 Å². The van der Waals surface area contributed by atoms with Gasteiger partial charge in [0.15, 0.2) is 0 Å². The van der Waals surface area contributed by atoms with Gasteiger partial charge in [0.2, 0.25) is 0 Å². The molecular weight excluding hydrogens is 263 g/mol. The van der Waals surface area contributed by atoms with Crippen molar-refractivity contribution >= 4 is 11.6 Å². The lowest BCUT2D eigenvalue weighted by molar-refractivity contribution is 0.224. The SMILES string of the molecule is CCN(Cc1cc(Cl)ccc1F)CC1CCCCN1. The molecule has 1 heterocycles. The number of piperidine rings is 1. The molecular formula is C15H22ClFN2. The normalized spacial score (nSPS) is 19.9. The molecule has 2 rings (SSSR count). The quantitative estimate of drug-likeness (QED) is 0.891. The molecule has 1 atom stereocenters. The third-order valence-electron chi connectivity index (χ3n) is 3.74. The summed E-state index contributed by atoms with van der Waals surface area (Å²) in [7, 11) is 0. The first-order chi connectivity index (χ1) is 9.19. The lowest BCUT2D eigenvalue weighted by Crippen LogP contribution is -2.43. The van der Waals surface area contributed by atoms with Crippen molar-refractivity contribution in [2.24, 2.45) is 0 Å². The van der Waals surface area contributed by atoms with Crippen LogP contribution in [0.1, 0.15) is 31.7 Å². The predicted octanol–water partition coefficient (Wildman–Crippen LogP) is 3.44. The van der Waals surface area contributed by atoms with E-state index in [0.29, 0.717) is 23.2 Å². The molecule has 1 aromatic rings. The van der Waals surface area contributed by atoms with Crippen LogP contribution in [0.2, 0.25) is 5.02 Å². The fourth-order valence-electron chi connectivity index (χ4n) is 2.60. The Labute approximate surface area is 119 Å². The smallest absolute Gasteiger partial charge is 0.127 e. The fraction of sp³-hybridized carbons (Fsp3) is 0.600. The van der Waals surface area contributed by atoms with Crippen LogP contribution in [0.5, 0.6) is 0 Å². The number of hydrogen-bond donors (Lipinski definition) is 1. The van der Waals surface area contributed by atoms with Crippen molar-refractivity contribution in [1.29, 1.82) is 0 Å². The van der Waals surface area contributed by atoms with Gasteiger partial charge in [0.25, 0.3) is 0 Å². The average molecular weight is 285 g/mol.